The van der Waals surface area contributed by atoms with Crippen LogP contribution in [0, 0.1) is 9.39 Å². The number of rotatable bonds is 11. The van der Waals surface area contributed by atoms with Crippen molar-refractivity contribution in [3.63, 3.8) is 0 Å². The predicted molar refractivity (Wildman–Crippen MR) is 115 cm³/mol. The Bertz CT molecular complexity index is 770. The van der Waals surface area contributed by atoms with Gasteiger partial charge in [0.25, 0.3) is 5.91 Å². The molecule has 0 aliphatic rings. The van der Waals surface area contributed by atoms with Crippen LogP contribution in [0.5, 0.6) is 0 Å². The van der Waals surface area contributed by atoms with Gasteiger partial charge in [-0.05, 0) is 67.1 Å². The molecule has 1 heterocycles. The van der Waals surface area contributed by atoms with Gasteiger partial charge in [-0.2, -0.15) is 0 Å². The average Bonchev–Trinajstić information content (AvgIpc) is 2.68. The highest BCUT2D eigenvalue weighted by atomic mass is 127. The lowest BCUT2D eigenvalue weighted by Crippen LogP contribution is -2.27. The summed E-state index contributed by atoms with van der Waals surface area (Å²) in [6, 6.07) is 6.44. The fourth-order valence-electron chi connectivity index (χ4n) is 2.58. The van der Waals surface area contributed by atoms with E-state index in [0.29, 0.717) is 43.1 Å². The van der Waals surface area contributed by atoms with E-state index in [1.54, 1.807) is 18.2 Å². The Morgan fingerprint density at radius 1 is 1.21 bits per heavy atom. The molecule has 0 radical (unpaired) electrons. The van der Waals surface area contributed by atoms with E-state index in [4.69, 9.17) is 9.47 Å². The fourth-order valence-corrected chi connectivity index (χ4v) is 3.03. The van der Waals surface area contributed by atoms with Crippen LogP contribution in [0.2, 0.25) is 0 Å². The summed E-state index contributed by atoms with van der Waals surface area (Å²) in [5.74, 6) is -0.639. The van der Waals surface area contributed by atoms with Crippen molar-refractivity contribution in [2.75, 3.05) is 25.1 Å². The van der Waals surface area contributed by atoms with Crippen LogP contribution in [0.15, 0.2) is 36.7 Å². The lowest BCUT2D eigenvalue weighted by atomic mass is 10.2. The van der Waals surface area contributed by atoms with E-state index in [9.17, 15) is 9.18 Å². The molecule has 6 nitrogen and oxygen atoms in total. The third-order valence-electron chi connectivity index (χ3n) is 3.87. The van der Waals surface area contributed by atoms with Gasteiger partial charge >= 0.3 is 0 Å². The van der Waals surface area contributed by atoms with E-state index in [-0.39, 0.29) is 18.0 Å². The van der Waals surface area contributed by atoms with Gasteiger partial charge < -0.3 is 20.1 Å². The number of hydrogen-bond donors (Lipinski definition) is 2. The number of nitrogens with zero attached hydrogens (tertiary/aromatic N) is 1. The monoisotopic (exact) mass is 501 g/mol. The molecule has 0 unspecified atom stereocenters. The topological polar surface area (TPSA) is 72.5 Å². The molecule has 0 fully saturated rings. The zero-order valence-electron chi connectivity index (χ0n) is 16.0. The van der Waals surface area contributed by atoms with E-state index in [0.717, 1.165) is 9.99 Å². The van der Waals surface area contributed by atoms with Gasteiger partial charge in [0.15, 0.2) is 6.29 Å². The van der Waals surface area contributed by atoms with Crippen LogP contribution in [0.4, 0.5) is 15.8 Å². The molecular weight excluding hydrogens is 476 g/mol. The number of aromatic nitrogens is 1. The summed E-state index contributed by atoms with van der Waals surface area (Å²) in [4.78, 5) is 16.6. The van der Waals surface area contributed by atoms with Crippen LogP contribution >= 0.6 is 22.6 Å². The second-order valence-corrected chi connectivity index (χ2v) is 7.15. The van der Waals surface area contributed by atoms with E-state index >= 15 is 0 Å². The van der Waals surface area contributed by atoms with Crippen LogP contribution in [-0.2, 0) is 9.47 Å². The van der Waals surface area contributed by atoms with Gasteiger partial charge in [0.2, 0.25) is 0 Å². The maximum absolute atomic E-state index is 14.1. The predicted octanol–water partition coefficient (Wildman–Crippen LogP) is 4.48. The van der Waals surface area contributed by atoms with Crippen molar-refractivity contribution in [2.24, 2.45) is 0 Å². The summed E-state index contributed by atoms with van der Waals surface area (Å²) >= 11 is 2.04. The summed E-state index contributed by atoms with van der Waals surface area (Å²) in [7, 11) is 0. The SMILES string of the molecule is CCOC(CCCNC(=O)c1ccncc1Nc1ccc(I)cc1F)OCC. The number of hydrogen-bond acceptors (Lipinski definition) is 5. The molecule has 28 heavy (non-hydrogen) atoms. The van der Waals surface area contributed by atoms with Gasteiger partial charge in [0.1, 0.15) is 5.82 Å². The van der Waals surface area contributed by atoms with Gasteiger partial charge in [-0.1, -0.05) is 0 Å². The second-order valence-electron chi connectivity index (χ2n) is 5.91. The molecule has 8 heteroatoms. The van der Waals surface area contributed by atoms with Crippen molar-refractivity contribution in [2.45, 2.75) is 33.0 Å². The molecule has 0 saturated carbocycles. The standard InChI is InChI=1S/C20H25FIN3O3/c1-3-27-19(28-4-2)6-5-10-24-20(26)15-9-11-23-13-18(15)25-17-8-7-14(22)12-16(17)21/h7-9,11-13,19,25H,3-6,10H2,1-2H3,(H,24,26). The van der Waals surface area contributed by atoms with Crippen LogP contribution in [-0.4, -0.2) is 36.9 Å². The first-order valence-corrected chi connectivity index (χ1v) is 10.3. The maximum atomic E-state index is 14.1. The van der Waals surface area contributed by atoms with E-state index in [1.165, 1.54) is 18.5 Å². The second kappa shape index (κ2) is 11.9. The molecule has 2 N–H and O–H groups in total. The number of benzene rings is 1. The molecule has 2 aromatic rings. The molecule has 0 spiro atoms. The molecule has 2 rings (SSSR count). The molecule has 0 atom stereocenters. The summed E-state index contributed by atoms with van der Waals surface area (Å²) in [6.07, 6.45) is 4.19. The number of carbonyl (C=O) groups excluding carboxylic acids is 1. The van der Waals surface area contributed by atoms with Crippen molar-refractivity contribution in [3.8, 4) is 0 Å². The van der Waals surface area contributed by atoms with Gasteiger partial charge in [0, 0.05) is 35.9 Å². The zero-order valence-corrected chi connectivity index (χ0v) is 18.2. The molecule has 152 valence electrons. The number of carbonyl (C=O) groups is 1. The van der Waals surface area contributed by atoms with Crippen LogP contribution in [0.3, 0.4) is 0 Å². The molecule has 0 aliphatic heterocycles. The Balaban J connectivity index is 1.95. The van der Waals surface area contributed by atoms with Crippen molar-refractivity contribution >= 4 is 39.9 Å². The number of pyridine rings is 1. The third kappa shape index (κ3) is 6.99. The van der Waals surface area contributed by atoms with Gasteiger partial charge in [0.05, 0.1) is 23.1 Å². The lowest BCUT2D eigenvalue weighted by Gasteiger charge is -2.17. The highest BCUT2D eigenvalue weighted by Crippen LogP contribution is 2.23. The molecule has 1 aromatic carbocycles. The average molecular weight is 501 g/mol. The summed E-state index contributed by atoms with van der Waals surface area (Å²) in [5.41, 5.74) is 1.14. The van der Waals surface area contributed by atoms with E-state index in [1.807, 2.05) is 36.4 Å². The van der Waals surface area contributed by atoms with Crippen LogP contribution < -0.4 is 10.6 Å². The molecule has 1 amide bonds. The fraction of sp³-hybridized carbons (Fsp3) is 0.400. The third-order valence-corrected chi connectivity index (χ3v) is 4.54. The van der Waals surface area contributed by atoms with Crippen molar-refractivity contribution in [1.29, 1.82) is 0 Å². The molecule has 0 saturated heterocycles. The Labute approximate surface area is 178 Å². The van der Waals surface area contributed by atoms with Crippen LogP contribution in [0.1, 0.15) is 37.0 Å². The first-order valence-electron chi connectivity index (χ1n) is 9.22. The smallest absolute Gasteiger partial charge is 0.253 e. The number of halogens is 2. The Morgan fingerprint density at radius 3 is 2.64 bits per heavy atom. The number of ether oxygens (including phenoxy) is 2. The van der Waals surface area contributed by atoms with Crippen molar-refractivity contribution in [3.05, 3.63) is 51.6 Å². The minimum atomic E-state index is -0.389. The number of anilines is 2. The van der Waals surface area contributed by atoms with Gasteiger partial charge in [-0.3, -0.25) is 9.78 Å². The summed E-state index contributed by atoms with van der Waals surface area (Å²) < 4.78 is 25.9. The molecule has 1 aromatic heterocycles. The van der Waals surface area contributed by atoms with Gasteiger partial charge in [-0.15, -0.1) is 0 Å². The number of nitrogens with one attached hydrogen (secondary N) is 2. The zero-order chi connectivity index (χ0) is 20.4. The minimum Gasteiger partial charge on any atom is -0.353 e. The Kier molecular flexibility index (Phi) is 9.59. The Hall–Kier alpha value is -1.78. The van der Waals surface area contributed by atoms with Crippen molar-refractivity contribution in [1.82, 2.24) is 10.3 Å². The molecule has 0 aliphatic carbocycles. The molecular formula is C20H25FIN3O3. The van der Waals surface area contributed by atoms with E-state index in [2.05, 4.69) is 15.6 Å². The van der Waals surface area contributed by atoms with Crippen LogP contribution in [0.25, 0.3) is 0 Å². The van der Waals surface area contributed by atoms with Gasteiger partial charge in [-0.25, -0.2) is 4.39 Å². The molecule has 0 bridgehead atoms. The number of amides is 1. The van der Waals surface area contributed by atoms with Crippen molar-refractivity contribution < 1.29 is 18.7 Å². The largest absolute Gasteiger partial charge is 0.353 e. The lowest BCUT2D eigenvalue weighted by molar-refractivity contribution is -0.139. The normalized spacial score (nSPS) is 10.9. The first-order chi connectivity index (χ1) is 13.5. The Morgan fingerprint density at radius 2 is 1.96 bits per heavy atom. The quantitative estimate of drug-likeness (QED) is 0.270. The summed E-state index contributed by atoms with van der Waals surface area (Å²) in [5, 5.41) is 5.83. The van der Waals surface area contributed by atoms with E-state index < -0.39 is 0 Å². The highest BCUT2D eigenvalue weighted by molar-refractivity contribution is 14.1. The summed E-state index contributed by atoms with van der Waals surface area (Å²) in [6.45, 7) is 5.48. The maximum Gasteiger partial charge on any atom is 0.253 e. The first kappa shape index (κ1) is 22.5. The minimum absolute atomic E-state index is 0.250. The highest BCUT2D eigenvalue weighted by Gasteiger charge is 2.14.